The van der Waals surface area contributed by atoms with E-state index in [1.165, 1.54) is 12.1 Å². The van der Waals surface area contributed by atoms with Gasteiger partial charge in [-0.05, 0) is 37.1 Å². The predicted molar refractivity (Wildman–Crippen MR) is 102 cm³/mol. The molecule has 0 radical (unpaired) electrons. The van der Waals surface area contributed by atoms with E-state index in [4.69, 9.17) is 0 Å². The Morgan fingerprint density at radius 1 is 0.667 bits per heavy atom. The minimum Gasteiger partial charge on any atom is -1.00 e. The van der Waals surface area contributed by atoms with Crippen LogP contribution in [0.1, 0.15) is 22.9 Å². The van der Waals surface area contributed by atoms with Gasteiger partial charge in [0.1, 0.15) is 0 Å². The van der Waals surface area contributed by atoms with E-state index in [9.17, 15) is 31.1 Å². The average molecular weight is 434 g/mol. The van der Waals surface area contributed by atoms with Crippen LogP contribution in [0.25, 0.3) is 11.1 Å². The van der Waals surface area contributed by atoms with Gasteiger partial charge in [-0.1, -0.05) is 60.7 Å². The third kappa shape index (κ3) is 5.54. The van der Waals surface area contributed by atoms with Crippen molar-refractivity contribution in [2.75, 3.05) is 0 Å². The largest absolute Gasteiger partial charge is 1.00 e. The first kappa shape index (κ1) is 24.2. The number of rotatable bonds is 4. The van der Waals surface area contributed by atoms with Gasteiger partial charge in [-0.2, -0.15) is 26.3 Å². The summed E-state index contributed by atoms with van der Waals surface area (Å²) in [6, 6.07) is 17.3. The Morgan fingerprint density at radius 2 is 1.13 bits per heavy atom. The van der Waals surface area contributed by atoms with Gasteiger partial charge in [-0.3, -0.25) is 4.79 Å². The molecule has 0 aliphatic heterocycles. The van der Waals surface area contributed by atoms with Gasteiger partial charge in [0.05, 0.1) is 11.1 Å². The van der Waals surface area contributed by atoms with Crippen molar-refractivity contribution in [3.63, 3.8) is 0 Å². The summed E-state index contributed by atoms with van der Waals surface area (Å²) in [6.07, 6.45) is -10.2. The summed E-state index contributed by atoms with van der Waals surface area (Å²) in [5.74, 6) is 0. The van der Waals surface area contributed by atoms with E-state index in [2.05, 4.69) is 0 Å². The molecular formula is C21H14F6LiOP. The van der Waals surface area contributed by atoms with Crippen LogP contribution >= 0.6 is 8.58 Å². The maximum absolute atomic E-state index is 13.2. The quantitative estimate of drug-likeness (QED) is 0.348. The predicted octanol–water partition coefficient (Wildman–Crippen LogP) is 3.65. The van der Waals surface area contributed by atoms with Crippen LogP contribution in [0.3, 0.4) is 0 Å². The second-order valence-electron chi connectivity index (χ2n) is 6.12. The smallest absolute Gasteiger partial charge is 1.00 e. The fraction of sp³-hybridized carbons (Fsp3) is 0.0952. The number of alkyl halides is 6. The summed E-state index contributed by atoms with van der Waals surface area (Å²) < 4.78 is 79.4. The third-order valence-electron chi connectivity index (χ3n) is 4.15. The molecule has 152 valence electrons. The normalized spacial score (nSPS) is 12.1. The molecular weight excluding hydrogens is 420 g/mol. The first-order chi connectivity index (χ1) is 13.6. The van der Waals surface area contributed by atoms with E-state index in [1.54, 1.807) is 12.1 Å². The molecule has 0 N–H and O–H groups in total. The van der Waals surface area contributed by atoms with Gasteiger partial charge in [-0.15, -0.1) is 0 Å². The summed E-state index contributed by atoms with van der Waals surface area (Å²) >= 11 is 0. The maximum Gasteiger partial charge on any atom is 1.00 e. The Bertz CT molecular complexity index is 989. The van der Waals surface area contributed by atoms with Gasteiger partial charge in [0.2, 0.25) is 0 Å². The van der Waals surface area contributed by atoms with E-state index in [1.807, 2.05) is 30.3 Å². The molecule has 0 fully saturated rings. The van der Waals surface area contributed by atoms with E-state index < -0.39 is 43.1 Å². The number of carbonyl (C=O) groups is 1. The van der Waals surface area contributed by atoms with Crippen molar-refractivity contribution < 1.29 is 51.4 Å². The molecule has 1 unspecified atom stereocenters. The van der Waals surface area contributed by atoms with Gasteiger partial charge in [-0.25, -0.2) is 0 Å². The van der Waals surface area contributed by atoms with Crippen molar-refractivity contribution in [1.82, 2.24) is 0 Å². The molecule has 0 saturated carbocycles. The van der Waals surface area contributed by atoms with Gasteiger partial charge in [0.25, 0.3) is 0 Å². The molecule has 3 rings (SSSR count). The van der Waals surface area contributed by atoms with E-state index in [0.29, 0.717) is 23.5 Å². The number of halogens is 6. The van der Waals surface area contributed by atoms with E-state index in [0.717, 1.165) is 11.1 Å². The molecule has 0 spiro atoms. The number of benzene rings is 3. The molecule has 0 aromatic heterocycles. The Kier molecular flexibility index (Phi) is 7.58. The summed E-state index contributed by atoms with van der Waals surface area (Å²) in [5, 5.41) is 0.347. The molecule has 9 heteroatoms. The topological polar surface area (TPSA) is 17.1 Å². The van der Waals surface area contributed by atoms with Crippen LogP contribution in [0, 0.1) is 0 Å². The Hall–Kier alpha value is -2.06. The first-order valence-corrected chi connectivity index (χ1v) is 9.31. The second kappa shape index (κ2) is 9.39. The Balaban J connectivity index is 0.00000240. The van der Waals surface area contributed by atoms with Crippen LogP contribution in [0.5, 0.6) is 0 Å². The molecule has 0 heterocycles. The molecule has 0 bridgehead atoms. The van der Waals surface area contributed by atoms with Crippen LogP contribution in [0.15, 0.2) is 72.8 Å². The Morgan fingerprint density at radius 3 is 1.60 bits per heavy atom. The van der Waals surface area contributed by atoms with Crippen molar-refractivity contribution in [2.24, 2.45) is 0 Å². The zero-order valence-electron chi connectivity index (χ0n) is 16.6. The Labute approximate surface area is 183 Å². The standard InChI is InChI=1S/C21H13F6OP.Li.H/c22-20(23,24)16-7-4-8-17(21(25,26)27)18(16)19(28)29-15-11-9-14(10-12-15)13-5-2-1-3-6-13;;/h1-12,29H;;/q;+1;-1. The molecule has 3 aromatic carbocycles. The molecule has 0 aliphatic rings. The summed E-state index contributed by atoms with van der Waals surface area (Å²) in [6.45, 7) is 0. The first-order valence-electron chi connectivity index (χ1n) is 8.31. The third-order valence-corrected chi connectivity index (χ3v) is 5.25. The van der Waals surface area contributed by atoms with E-state index in [-0.39, 0.29) is 20.3 Å². The average Bonchev–Trinajstić information content (AvgIpc) is 2.67. The maximum atomic E-state index is 13.2. The van der Waals surface area contributed by atoms with Crippen molar-refractivity contribution in [3.05, 3.63) is 89.5 Å². The van der Waals surface area contributed by atoms with Gasteiger partial charge < -0.3 is 1.43 Å². The van der Waals surface area contributed by atoms with Gasteiger partial charge >= 0.3 is 31.2 Å². The molecule has 3 aromatic rings. The summed E-state index contributed by atoms with van der Waals surface area (Å²) in [4.78, 5) is 12.5. The van der Waals surface area contributed by atoms with Crippen LogP contribution in [0.2, 0.25) is 0 Å². The molecule has 0 aliphatic carbocycles. The molecule has 0 amide bonds. The molecule has 1 nitrogen and oxygen atoms in total. The fourth-order valence-electron chi connectivity index (χ4n) is 2.84. The second-order valence-corrected chi connectivity index (χ2v) is 7.40. The van der Waals surface area contributed by atoms with Crippen molar-refractivity contribution in [2.45, 2.75) is 12.4 Å². The van der Waals surface area contributed by atoms with Crippen LogP contribution in [0.4, 0.5) is 26.3 Å². The van der Waals surface area contributed by atoms with Crippen molar-refractivity contribution in [1.29, 1.82) is 0 Å². The minimum absolute atomic E-state index is 0. The zero-order chi connectivity index (χ0) is 21.2. The zero-order valence-corrected chi connectivity index (χ0v) is 16.6. The number of hydrogen-bond acceptors (Lipinski definition) is 1. The molecule has 30 heavy (non-hydrogen) atoms. The monoisotopic (exact) mass is 434 g/mol. The van der Waals surface area contributed by atoms with Crippen LogP contribution < -0.4 is 24.2 Å². The van der Waals surface area contributed by atoms with Crippen molar-refractivity contribution >= 4 is 19.4 Å². The molecule has 0 saturated heterocycles. The van der Waals surface area contributed by atoms with Gasteiger partial charge in [0.15, 0.2) is 5.52 Å². The number of carbonyl (C=O) groups excluding carboxylic acids is 1. The van der Waals surface area contributed by atoms with Crippen LogP contribution in [-0.4, -0.2) is 5.52 Å². The molecule has 1 atom stereocenters. The fourth-order valence-corrected chi connectivity index (χ4v) is 3.83. The van der Waals surface area contributed by atoms with Gasteiger partial charge in [0, 0.05) is 5.56 Å². The van der Waals surface area contributed by atoms with Crippen LogP contribution in [-0.2, 0) is 12.4 Å². The number of hydrogen-bond donors (Lipinski definition) is 0. The summed E-state index contributed by atoms with van der Waals surface area (Å²) in [7, 11) is -0.878. The minimum atomic E-state index is -5.08. The van der Waals surface area contributed by atoms with Crippen molar-refractivity contribution in [3.8, 4) is 11.1 Å². The SMILES string of the molecule is O=C(Pc1ccc(-c2ccccc2)cc1)c1c(C(F)(F)F)cccc1C(F)(F)F.[H-].[Li+]. The summed E-state index contributed by atoms with van der Waals surface area (Å²) in [5.41, 5.74) is -3.99. The van der Waals surface area contributed by atoms with E-state index >= 15 is 0 Å².